The maximum absolute atomic E-state index is 11.1. The summed E-state index contributed by atoms with van der Waals surface area (Å²) in [6.07, 6.45) is 4.69. The van der Waals surface area contributed by atoms with Gasteiger partial charge in [0.1, 0.15) is 6.10 Å². The number of hydrogen-bond acceptors (Lipinski definition) is 5. The van der Waals surface area contributed by atoms with E-state index in [2.05, 4.69) is 11.3 Å². The van der Waals surface area contributed by atoms with Gasteiger partial charge in [0.05, 0.1) is 26.2 Å². The number of aliphatic hydroxyl groups is 1. The van der Waals surface area contributed by atoms with E-state index in [1.807, 2.05) is 0 Å². The molecular weight excluding hydrogens is 260 g/mol. The largest absolute Gasteiger partial charge is 0.469 e. The highest BCUT2D eigenvalue weighted by Crippen LogP contribution is 2.38. The Morgan fingerprint density at radius 3 is 2.80 bits per heavy atom. The Kier molecular flexibility index (Phi) is 5.18. The maximum Gasteiger partial charge on any atom is 0.309 e. The van der Waals surface area contributed by atoms with Gasteiger partial charge in [-0.05, 0) is 19.3 Å². The van der Waals surface area contributed by atoms with Crippen LogP contribution in [0, 0.1) is 0 Å². The van der Waals surface area contributed by atoms with Crippen molar-refractivity contribution in [2.24, 2.45) is 0 Å². The zero-order valence-electron chi connectivity index (χ0n) is 12.1. The molecule has 2 atom stereocenters. The average molecular weight is 284 g/mol. The van der Waals surface area contributed by atoms with Crippen molar-refractivity contribution in [3.05, 3.63) is 12.2 Å². The molecule has 2 fully saturated rings. The van der Waals surface area contributed by atoms with Crippen LogP contribution in [0.15, 0.2) is 12.2 Å². The number of carbonyl (C=O) groups excluding carboxylic acids is 1. The van der Waals surface area contributed by atoms with Gasteiger partial charge in [-0.1, -0.05) is 18.6 Å². The van der Waals surface area contributed by atoms with Crippen LogP contribution in [0.5, 0.6) is 0 Å². The lowest BCUT2D eigenvalue weighted by atomic mass is 9.94. The second kappa shape index (κ2) is 6.70. The Morgan fingerprint density at radius 1 is 1.45 bits per heavy atom. The number of esters is 1. The molecule has 0 aromatic carbocycles. The molecule has 0 unspecified atom stereocenters. The normalized spacial score (nSPS) is 26.4. The minimum absolute atomic E-state index is 0.131. The summed E-state index contributed by atoms with van der Waals surface area (Å²) >= 11 is 0. The van der Waals surface area contributed by atoms with E-state index in [1.54, 1.807) is 0 Å². The van der Waals surface area contributed by atoms with E-state index in [0.29, 0.717) is 18.6 Å². The van der Waals surface area contributed by atoms with E-state index in [-0.39, 0.29) is 18.5 Å². The molecular formula is C15H24O5. The van der Waals surface area contributed by atoms with Crippen molar-refractivity contribution in [2.75, 3.05) is 13.7 Å². The molecule has 1 saturated carbocycles. The SMILES string of the molecule is C=C(CC(=O)OC)C[C@H](O)[C@H]1COC2(CCCCC2)O1. The van der Waals surface area contributed by atoms with Gasteiger partial charge < -0.3 is 19.3 Å². The lowest BCUT2D eigenvalue weighted by Crippen LogP contribution is -2.36. The number of ether oxygens (including phenoxy) is 3. The molecule has 1 saturated heterocycles. The summed E-state index contributed by atoms with van der Waals surface area (Å²) in [4.78, 5) is 11.1. The summed E-state index contributed by atoms with van der Waals surface area (Å²) in [6, 6.07) is 0. The second-order valence-electron chi connectivity index (χ2n) is 5.71. The van der Waals surface area contributed by atoms with Crippen LogP contribution in [0.1, 0.15) is 44.9 Å². The third kappa shape index (κ3) is 3.81. The van der Waals surface area contributed by atoms with Gasteiger partial charge in [0.25, 0.3) is 0 Å². The van der Waals surface area contributed by atoms with Crippen LogP contribution < -0.4 is 0 Å². The lowest BCUT2D eigenvalue weighted by molar-refractivity contribution is -0.195. The van der Waals surface area contributed by atoms with E-state index in [4.69, 9.17) is 9.47 Å². The highest BCUT2D eigenvalue weighted by Gasteiger charge is 2.44. The van der Waals surface area contributed by atoms with Crippen molar-refractivity contribution in [3.63, 3.8) is 0 Å². The summed E-state index contributed by atoms with van der Waals surface area (Å²) in [7, 11) is 1.34. The molecule has 1 aliphatic carbocycles. The van der Waals surface area contributed by atoms with Crippen molar-refractivity contribution in [1.82, 2.24) is 0 Å². The molecule has 0 radical (unpaired) electrons. The third-order valence-corrected chi connectivity index (χ3v) is 4.04. The summed E-state index contributed by atoms with van der Waals surface area (Å²) in [6.45, 7) is 4.21. The molecule has 20 heavy (non-hydrogen) atoms. The molecule has 0 bridgehead atoms. The Labute approximate surface area is 119 Å². The maximum atomic E-state index is 11.1. The van der Waals surface area contributed by atoms with Gasteiger partial charge in [-0.2, -0.15) is 0 Å². The van der Waals surface area contributed by atoms with Crippen molar-refractivity contribution < 1.29 is 24.1 Å². The number of methoxy groups -OCH3 is 1. The number of carbonyl (C=O) groups is 1. The lowest BCUT2D eigenvalue weighted by Gasteiger charge is -2.32. The number of hydrogen-bond donors (Lipinski definition) is 1. The fourth-order valence-corrected chi connectivity index (χ4v) is 2.90. The standard InChI is InChI=1S/C15H24O5/c1-11(9-14(17)18-2)8-12(16)13-10-19-15(20-13)6-4-3-5-7-15/h12-13,16H,1,3-10H2,2H3/t12-,13+/m0/s1. The highest BCUT2D eigenvalue weighted by molar-refractivity contribution is 5.72. The first kappa shape index (κ1) is 15.5. The van der Waals surface area contributed by atoms with E-state index in [9.17, 15) is 9.90 Å². The minimum Gasteiger partial charge on any atom is -0.469 e. The van der Waals surface area contributed by atoms with Crippen LogP contribution >= 0.6 is 0 Å². The zero-order chi connectivity index (χ0) is 14.6. The molecule has 0 aromatic heterocycles. The number of rotatable bonds is 5. The van der Waals surface area contributed by atoms with Crippen molar-refractivity contribution in [2.45, 2.75) is 62.9 Å². The Balaban J connectivity index is 1.80. The molecule has 1 spiro atoms. The predicted octanol–water partition coefficient (Wildman–Crippen LogP) is 1.93. The van der Waals surface area contributed by atoms with Crippen LogP contribution in [0.2, 0.25) is 0 Å². The number of aliphatic hydroxyl groups excluding tert-OH is 1. The smallest absolute Gasteiger partial charge is 0.309 e. The first-order valence-electron chi connectivity index (χ1n) is 7.28. The second-order valence-corrected chi connectivity index (χ2v) is 5.71. The third-order valence-electron chi connectivity index (χ3n) is 4.04. The Bertz CT molecular complexity index is 359. The fourth-order valence-electron chi connectivity index (χ4n) is 2.90. The van der Waals surface area contributed by atoms with Crippen molar-refractivity contribution >= 4 is 5.97 Å². The molecule has 2 aliphatic rings. The van der Waals surface area contributed by atoms with Gasteiger partial charge >= 0.3 is 5.97 Å². The minimum atomic E-state index is -0.687. The van der Waals surface area contributed by atoms with Gasteiger partial charge in [0.15, 0.2) is 5.79 Å². The van der Waals surface area contributed by atoms with E-state index >= 15 is 0 Å². The molecule has 0 amide bonds. The Hall–Kier alpha value is -0.910. The monoisotopic (exact) mass is 284 g/mol. The average Bonchev–Trinajstić information content (AvgIpc) is 2.83. The molecule has 1 heterocycles. The van der Waals surface area contributed by atoms with Crippen LogP contribution in [0.4, 0.5) is 0 Å². The topological polar surface area (TPSA) is 65.0 Å². The van der Waals surface area contributed by atoms with E-state index in [1.165, 1.54) is 13.5 Å². The molecule has 1 aliphatic heterocycles. The quantitative estimate of drug-likeness (QED) is 0.617. The van der Waals surface area contributed by atoms with E-state index in [0.717, 1.165) is 25.7 Å². The molecule has 114 valence electrons. The highest BCUT2D eigenvalue weighted by atomic mass is 16.7. The summed E-state index contributed by atoms with van der Waals surface area (Å²) in [5.74, 6) is -0.817. The van der Waals surface area contributed by atoms with Gasteiger partial charge in [-0.25, -0.2) is 0 Å². The van der Waals surface area contributed by atoms with Crippen molar-refractivity contribution in [3.8, 4) is 0 Å². The van der Waals surface area contributed by atoms with Crippen LogP contribution in [-0.4, -0.2) is 42.8 Å². The first-order valence-corrected chi connectivity index (χ1v) is 7.28. The molecule has 5 nitrogen and oxygen atoms in total. The summed E-state index contributed by atoms with van der Waals surface area (Å²) in [5, 5.41) is 10.2. The zero-order valence-corrected chi connectivity index (χ0v) is 12.1. The van der Waals surface area contributed by atoms with Gasteiger partial charge in [-0.15, -0.1) is 0 Å². The summed E-state index contributed by atoms with van der Waals surface area (Å²) < 4.78 is 16.3. The van der Waals surface area contributed by atoms with Gasteiger partial charge in [0, 0.05) is 12.8 Å². The summed E-state index contributed by atoms with van der Waals surface area (Å²) in [5.41, 5.74) is 0.651. The van der Waals surface area contributed by atoms with Crippen LogP contribution in [-0.2, 0) is 19.0 Å². The van der Waals surface area contributed by atoms with Crippen molar-refractivity contribution in [1.29, 1.82) is 0 Å². The Morgan fingerprint density at radius 2 is 2.15 bits per heavy atom. The molecule has 0 aromatic rings. The molecule has 2 rings (SSSR count). The predicted molar refractivity (Wildman–Crippen MR) is 73.0 cm³/mol. The fraction of sp³-hybridized carbons (Fsp3) is 0.800. The van der Waals surface area contributed by atoms with Gasteiger partial charge in [-0.3, -0.25) is 4.79 Å². The van der Waals surface area contributed by atoms with Gasteiger partial charge in [0.2, 0.25) is 0 Å². The molecule has 1 N–H and O–H groups in total. The first-order chi connectivity index (χ1) is 9.54. The van der Waals surface area contributed by atoms with Crippen LogP contribution in [0.3, 0.4) is 0 Å². The van der Waals surface area contributed by atoms with E-state index < -0.39 is 11.9 Å². The molecule has 5 heteroatoms. The van der Waals surface area contributed by atoms with Crippen LogP contribution in [0.25, 0.3) is 0 Å².